The van der Waals surface area contributed by atoms with Gasteiger partial charge < -0.3 is 10.2 Å². The van der Waals surface area contributed by atoms with E-state index in [0.29, 0.717) is 11.8 Å². The van der Waals surface area contributed by atoms with Crippen LogP contribution in [0, 0.1) is 22.7 Å². The van der Waals surface area contributed by atoms with Crippen molar-refractivity contribution in [3.8, 4) is 0 Å². The van der Waals surface area contributed by atoms with E-state index in [2.05, 4.69) is 20.8 Å². The molecule has 2 bridgehead atoms. The molecule has 0 aromatic carbocycles. The lowest BCUT2D eigenvalue weighted by Gasteiger charge is -2.37. The summed E-state index contributed by atoms with van der Waals surface area (Å²) in [7, 11) is 0. The Kier molecular flexibility index (Phi) is 2.20. The van der Waals surface area contributed by atoms with Gasteiger partial charge >= 0.3 is 0 Å². The van der Waals surface area contributed by atoms with Crippen LogP contribution < -0.4 is 0 Å². The monoisotopic (exact) mass is 198 g/mol. The van der Waals surface area contributed by atoms with Crippen LogP contribution in [0.1, 0.15) is 40.0 Å². The van der Waals surface area contributed by atoms with Gasteiger partial charge in [0.1, 0.15) is 0 Å². The Labute approximate surface area is 86.3 Å². The van der Waals surface area contributed by atoms with E-state index in [1.54, 1.807) is 0 Å². The van der Waals surface area contributed by atoms with E-state index in [4.69, 9.17) is 5.11 Å². The predicted molar refractivity (Wildman–Crippen MR) is 55.8 cm³/mol. The molecule has 2 N–H and O–H groups in total. The number of aliphatic hydroxyl groups is 2. The Morgan fingerprint density at radius 2 is 1.93 bits per heavy atom. The molecule has 0 aromatic heterocycles. The molecule has 0 aliphatic heterocycles. The van der Waals surface area contributed by atoms with Crippen LogP contribution in [0.15, 0.2) is 0 Å². The van der Waals surface area contributed by atoms with Crippen LogP contribution in [0.3, 0.4) is 0 Å². The summed E-state index contributed by atoms with van der Waals surface area (Å²) in [5, 5.41) is 19.3. The van der Waals surface area contributed by atoms with Crippen molar-refractivity contribution in [1.29, 1.82) is 0 Å². The van der Waals surface area contributed by atoms with Gasteiger partial charge in [-0.25, -0.2) is 0 Å². The van der Waals surface area contributed by atoms with Gasteiger partial charge in [-0.2, -0.15) is 0 Å². The Hall–Kier alpha value is -0.0800. The van der Waals surface area contributed by atoms with Crippen molar-refractivity contribution >= 4 is 0 Å². The van der Waals surface area contributed by atoms with Crippen molar-refractivity contribution in [3.63, 3.8) is 0 Å². The van der Waals surface area contributed by atoms with Crippen molar-refractivity contribution in [2.75, 3.05) is 6.61 Å². The van der Waals surface area contributed by atoms with Gasteiger partial charge in [0.25, 0.3) is 0 Å². The summed E-state index contributed by atoms with van der Waals surface area (Å²) in [5.41, 5.74) is 0.323. The second-order valence-corrected chi connectivity index (χ2v) is 5.91. The van der Waals surface area contributed by atoms with Crippen molar-refractivity contribution in [2.24, 2.45) is 22.7 Å². The zero-order chi connectivity index (χ0) is 10.6. The smallest absolute Gasteiger partial charge is 0.0630 e. The molecular weight excluding hydrogens is 176 g/mol. The maximum absolute atomic E-state index is 10.3. The lowest BCUT2D eigenvalue weighted by Crippen LogP contribution is -2.37. The Bertz CT molecular complexity index is 236. The third-order valence-corrected chi connectivity index (χ3v) is 5.41. The lowest BCUT2D eigenvalue weighted by atomic mass is 9.70. The number of fused-ring (bicyclic) bond motifs is 2. The summed E-state index contributed by atoms with van der Waals surface area (Å²) in [5.74, 6) is 0.934. The first-order valence-electron chi connectivity index (χ1n) is 5.74. The molecule has 2 aliphatic carbocycles. The van der Waals surface area contributed by atoms with Crippen LogP contribution in [0.4, 0.5) is 0 Å². The van der Waals surface area contributed by atoms with Crippen LogP contribution in [0.5, 0.6) is 0 Å². The van der Waals surface area contributed by atoms with Crippen LogP contribution in [-0.2, 0) is 0 Å². The van der Waals surface area contributed by atoms with Gasteiger partial charge in [0, 0.05) is 6.61 Å². The Morgan fingerprint density at radius 3 is 2.36 bits per heavy atom. The molecule has 82 valence electrons. The van der Waals surface area contributed by atoms with Crippen molar-refractivity contribution in [1.82, 2.24) is 0 Å². The molecule has 0 saturated heterocycles. The van der Waals surface area contributed by atoms with E-state index < -0.39 is 0 Å². The second kappa shape index (κ2) is 2.96. The summed E-state index contributed by atoms with van der Waals surface area (Å²) >= 11 is 0. The first-order valence-corrected chi connectivity index (χ1v) is 5.74. The highest BCUT2D eigenvalue weighted by Gasteiger charge is 2.65. The average molecular weight is 198 g/mol. The number of hydrogen-bond acceptors (Lipinski definition) is 2. The minimum absolute atomic E-state index is 0.0809. The normalized spacial score (nSPS) is 49.9. The molecule has 2 rings (SSSR count). The van der Waals surface area contributed by atoms with Gasteiger partial charge in [-0.1, -0.05) is 20.8 Å². The molecule has 0 amide bonds. The molecule has 2 saturated carbocycles. The minimum atomic E-state index is -0.205. The fourth-order valence-corrected chi connectivity index (χ4v) is 4.04. The lowest BCUT2D eigenvalue weighted by molar-refractivity contribution is -0.0154. The van der Waals surface area contributed by atoms with Gasteiger partial charge in [0.15, 0.2) is 0 Å². The first-order chi connectivity index (χ1) is 6.45. The highest BCUT2D eigenvalue weighted by atomic mass is 16.3. The predicted octanol–water partition coefficient (Wildman–Crippen LogP) is 1.80. The molecular formula is C12H22O2. The summed E-state index contributed by atoms with van der Waals surface area (Å²) in [4.78, 5) is 0. The second-order valence-electron chi connectivity index (χ2n) is 5.91. The van der Waals surface area contributed by atoms with E-state index in [9.17, 15) is 5.11 Å². The van der Waals surface area contributed by atoms with Gasteiger partial charge in [0.2, 0.25) is 0 Å². The van der Waals surface area contributed by atoms with Crippen LogP contribution in [0.25, 0.3) is 0 Å². The molecule has 0 aromatic rings. The molecule has 2 fully saturated rings. The van der Waals surface area contributed by atoms with Gasteiger partial charge in [-0.05, 0) is 41.9 Å². The van der Waals surface area contributed by atoms with E-state index in [-0.39, 0.29) is 23.5 Å². The van der Waals surface area contributed by atoms with Crippen molar-refractivity contribution in [3.05, 3.63) is 0 Å². The maximum Gasteiger partial charge on any atom is 0.0630 e. The summed E-state index contributed by atoms with van der Waals surface area (Å²) in [6, 6.07) is 0. The molecule has 0 radical (unpaired) electrons. The number of hydrogen-bond donors (Lipinski definition) is 2. The number of aliphatic hydroxyl groups excluding tert-OH is 2. The van der Waals surface area contributed by atoms with Crippen LogP contribution >= 0.6 is 0 Å². The highest BCUT2D eigenvalue weighted by Crippen LogP contribution is 2.68. The fraction of sp³-hybridized carbons (Fsp3) is 1.00. The maximum atomic E-state index is 10.3. The third kappa shape index (κ3) is 0.989. The summed E-state index contributed by atoms with van der Waals surface area (Å²) in [6.07, 6.45) is 2.94. The van der Waals surface area contributed by atoms with E-state index in [0.717, 1.165) is 12.8 Å². The average Bonchev–Trinajstić information content (AvgIpc) is 2.41. The zero-order valence-electron chi connectivity index (χ0n) is 9.45. The molecule has 2 heteroatoms. The SMILES string of the molecule is CC1(C)C2CCC1(C)C(O)C2CCO. The van der Waals surface area contributed by atoms with Crippen LogP contribution in [0.2, 0.25) is 0 Å². The summed E-state index contributed by atoms with van der Waals surface area (Å²) < 4.78 is 0. The molecule has 2 nitrogen and oxygen atoms in total. The Balaban J connectivity index is 2.29. The topological polar surface area (TPSA) is 40.5 Å². The third-order valence-electron chi connectivity index (χ3n) is 5.41. The molecule has 14 heavy (non-hydrogen) atoms. The Morgan fingerprint density at radius 1 is 1.29 bits per heavy atom. The molecule has 2 aliphatic rings. The molecule has 4 unspecified atom stereocenters. The highest BCUT2D eigenvalue weighted by molar-refractivity contribution is 5.14. The van der Waals surface area contributed by atoms with E-state index in [1.165, 1.54) is 6.42 Å². The largest absolute Gasteiger partial charge is 0.396 e. The molecule has 0 heterocycles. The van der Waals surface area contributed by atoms with Gasteiger partial charge in [0.05, 0.1) is 6.10 Å². The van der Waals surface area contributed by atoms with Crippen molar-refractivity contribution < 1.29 is 10.2 Å². The van der Waals surface area contributed by atoms with Crippen molar-refractivity contribution in [2.45, 2.75) is 46.1 Å². The number of rotatable bonds is 2. The first kappa shape index (κ1) is 10.4. The van der Waals surface area contributed by atoms with Gasteiger partial charge in [-0.3, -0.25) is 0 Å². The molecule has 0 spiro atoms. The van der Waals surface area contributed by atoms with Gasteiger partial charge in [-0.15, -0.1) is 0 Å². The summed E-state index contributed by atoms with van der Waals surface area (Å²) in [6.45, 7) is 7.00. The quantitative estimate of drug-likeness (QED) is 0.710. The van der Waals surface area contributed by atoms with E-state index in [1.807, 2.05) is 0 Å². The van der Waals surface area contributed by atoms with Crippen LogP contribution in [-0.4, -0.2) is 22.9 Å². The minimum Gasteiger partial charge on any atom is -0.396 e. The van der Waals surface area contributed by atoms with E-state index >= 15 is 0 Å². The fourth-order valence-electron chi connectivity index (χ4n) is 4.04. The molecule has 4 atom stereocenters. The zero-order valence-corrected chi connectivity index (χ0v) is 9.45. The standard InChI is InChI=1S/C12H22O2/c1-11(2)9-4-6-12(11,3)10(14)8(9)5-7-13/h8-10,13-14H,4-7H2,1-3H3.